The molecule has 0 spiro atoms. The molecule has 45 heavy (non-hydrogen) atoms. The lowest BCUT2D eigenvalue weighted by Gasteiger charge is -2.44. The predicted octanol–water partition coefficient (Wildman–Crippen LogP) is 5.11. The van der Waals surface area contributed by atoms with Gasteiger partial charge in [-0.05, 0) is 80.6 Å². The van der Waals surface area contributed by atoms with E-state index in [-0.39, 0.29) is 35.5 Å². The Morgan fingerprint density at radius 1 is 1.04 bits per heavy atom. The second-order valence-electron chi connectivity index (χ2n) is 12.2. The number of methoxy groups -OCH3 is 2. The molecule has 10 heteroatoms. The first kappa shape index (κ1) is 33.2. The molecule has 1 fully saturated rings. The average molecular weight is 638 g/mol. The number of piperidine rings is 1. The average Bonchev–Trinajstić information content (AvgIpc) is 3.04. The second kappa shape index (κ2) is 15.0. The largest absolute Gasteiger partial charge is 0.497 e. The van der Waals surface area contributed by atoms with Crippen LogP contribution in [0.1, 0.15) is 48.8 Å². The number of aryl methyl sites for hydroxylation is 1. The fraction of sp³-hybridized carbons (Fsp3) is 0.486. The van der Waals surface area contributed by atoms with Crippen molar-refractivity contribution in [1.82, 2.24) is 4.31 Å². The summed E-state index contributed by atoms with van der Waals surface area (Å²) in [5.41, 5.74) is 10.4. The monoisotopic (exact) mass is 637 g/mol. The van der Waals surface area contributed by atoms with Gasteiger partial charge in [0.2, 0.25) is 10.0 Å². The van der Waals surface area contributed by atoms with E-state index in [1.165, 1.54) is 0 Å². The van der Waals surface area contributed by atoms with Gasteiger partial charge in [-0.3, -0.25) is 0 Å². The molecule has 0 saturated carbocycles. The van der Waals surface area contributed by atoms with E-state index >= 15 is 0 Å². The van der Waals surface area contributed by atoms with E-state index in [0.29, 0.717) is 32.7 Å². The van der Waals surface area contributed by atoms with Gasteiger partial charge < -0.3 is 29.6 Å². The molecule has 3 aromatic rings. The maximum atomic E-state index is 14.1. The number of fused-ring (bicyclic) bond motifs is 1. The van der Waals surface area contributed by atoms with E-state index in [0.717, 1.165) is 53.4 Å². The first-order valence-electron chi connectivity index (χ1n) is 15.8. The van der Waals surface area contributed by atoms with Crippen LogP contribution >= 0.6 is 0 Å². The minimum atomic E-state index is -3.79. The smallest absolute Gasteiger partial charge is 0.243 e. The number of ether oxygens (including phenoxy) is 4. The highest BCUT2D eigenvalue weighted by Crippen LogP contribution is 2.39. The Kier molecular flexibility index (Phi) is 11.0. The summed E-state index contributed by atoms with van der Waals surface area (Å²) < 4.78 is 53.2. The summed E-state index contributed by atoms with van der Waals surface area (Å²) in [6.45, 7) is 7.49. The Morgan fingerprint density at radius 3 is 2.49 bits per heavy atom. The van der Waals surface area contributed by atoms with Crippen molar-refractivity contribution >= 4 is 15.7 Å². The number of nitrogens with two attached hydrogens (primary N) is 1. The number of nitrogens with zero attached hydrogens (tertiary/aromatic N) is 2. The van der Waals surface area contributed by atoms with E-state index in [9.17, 15) is 8.42 Å². The van der Waals surface area contributed by atoms with Crippen LogP contribution in [0.3, 0.4) is 0 Å². The summed E-state index contributed by atoms with van der Waals surface area (Å²) in [4.78, 5) is 2.61. The van der Waals surface area contributed by atoms with Gasteiger partial charge in [-0.25, -0.2) is 8.42 Å². The fourth-order valence-electron chi connectivity index (χ4n) is 6.41. The van der Waals surface area contributed by atoms with Crippen molar-refractivity contribution in [2.45, 2.75) is 68.7 Å². The van der Waals surface area contributed by atoms with Crippen LogP contribution in [-0.4, -0.2) is 78.0 Å². The van der Waals surface area contributed by atoms with Gasteiger partial charge in [0.25, 0.3) is 0 Å². The maximum absolute atomic E-state index is 14.1. The predicted molar refractivity (Wildman–Crippen MR) is 177 cm³/mol. The molecule has 2 N–H and O–H groups in total. The number of benzene rings is 3. The number of anilines is 1. The van der Waals surface area contributed by atoms with Crippen molar-refractivity contribution < 1.29 is 27.4 Å². The maximum Gasteiger partial charge on any atom is 0.243 e. The van der Waals surface area contributed by atoms with E-state index in [2.05, 4.69) is 23.1 Å². The summed E-state index contributed by atoms with van der Waals surface area (Å²) in [7, 11) is -0.421. The molecule has 2 heterocycles. The molecule has 0 amide bonds. The number of sulfonamides is 1. The Hall–Kier alpha value is -3.15. The van der Waals surface area contributed by atoms with Crippen molar-refractivity contribution in [3.63, 3.8) is 0 Å². The summed E-state index contributed by atoms with van der Waals surface area (Å²) in [6.07, 6.45) is 1.69. The van der Waals surface area contributed by atoms with Crippen molar-refractivity contribution in [2.75, 3.05) is 52.0 Å². The summed E-state index contributed by atoms with van der Waals surface area (Å²) >= 11 is 0. The van der Waals surface area contributed by atoms with Gasteiger partial charge in [0, 0.05) is 44.8 Å². The van der Waals surface area contributed by atoms with Gasteiger partial charge in [-0.15, -0.1) is 0 Å². The zero-order chi connectivity index (χ0) is 32.0. The molecule has 0 aromatic heterocycles. The lowest BCUT2D eigenvalue weighted by molar-refractivity contribution is -0.0213. The van der Waals surface area contributed by atoms with Crippen LogP contribution in [0, 0.1) is 6.92 Å². The highest BCUT2D eigenvalue weighted by Gasteiger charge is 2.43. The summed E-state index contributed by atoms with van der Waals surface area (Å²) in [5.74, 6) is 1.61. The van der Waals surface area contributed by atoms with Crippen LogP contribution in [0.15, 0.2) is 71.6 Å². The molecule has 0 bridgehead atoms. The molecular weight excluding hydrogens is 590 g/mol. The zero-order valence-corrected chi connectivity index (χ0v) is 27.7. The second-order valence-corrected chi connectivity index (χ2v) is 14.1. The lowest BCUT2D eigenvalue weighted by atomic mass is 9.82. The molecule has 3 aromatic carbocycles. The van der Waals surface area contributed by atoms with Gasteiger partial charge in [0.15, 0.2) is 0 Å². The van der Waals surface area contributed by atoms with Crippen molar-refractivity contribution in [3.05, 3.63) is 83.4 Å². The Balaban J connectivity index is 1.44. The molecule has 4 atom stereocenters. The molecule has 5 rings (SSSR count). The molecule has 0 unspecified atom stereocenters. The van der Waals surface area contributed by atoms with Crippen LogP contribution in [0.4, 0.5) is 5.69 Å². The van der Waals surface area contributed by atoms with Crippen LogP contribution < -0.4 is 20.1 Å². The first-order valence-corrected chi connectivity index (χ1v) is 17.2. The molecule has 2 aliphatic rings. The molecule has 2 aliphatic heterocycles. The summed E-state index contributed by atoms with van der Waals surface area (Å²) in [5, 5.41) is 0. The van der Waals surface area contributed by atoms with Gasteiger partial charge in [-0.2, -0.15) is 4.31 Å². The third-order valence-electron chi connectivity index (χ3n) is 8.78. The standard InChI is InChI=1S/C35H47N3O6S/c1-25-6-13-31(14-7-25)45(39,40)38-23-35(32(22-29(38)20-26(2)36)28-9-11-30(42-4)12-10-28)44-24-27-8-15-34-33(21-27)37(17-19-43-34)16-5-18-41-3/h6-15,21,26,29,32,35H,5,16-20,22-24,36H2,1-4H3/t26-,29+,32-,35+/m1/s1. The number of hydrogen-bond acceptors (Lipinski definition) is 8. The Labute approximate surface area is 268 Å². The molecule has 0 radical (unpaired) electrons. The highest BCUT2D eigenvalue weighted by atomic mass is 32.2. The minimum Gasteiger partial charge on any atom is -0.497 e. The first-order chi connectivity index (χ1) is 21.7. The third kappa shape index (κ3) is 7.99. The van der Waals surface area contributed by atoms with Crippen LogP contribution in [0.5, 0.6) is 11.5 Å². The quantitative estimate of drug-likeness (QED) is 0.258. The van der Waals surface area contributed by atoms with E-state index in [4.69, 9.17) is 24.7 Å². The van der Waals surface area contributed by atoms with Gasteiger partial charge in [0.1, 0.15) is 18.1 Å². The molecule has 244 valence electrons. The Bertz CT molecular complexity index is 1500. The van der Waals surface area contributed by atoms with E-state index in [1.54, 1.807) is 30.7 Å². The van der Waals surface area contributed by atoms with Gasteiger partial charge in [0.05, 0.1) is 36.9 Å². The van der Waals surface area contributed by atoms with Gasteiger partial charge in [-0.1, -0.05) is 35.9 Å². The van der Waals surface area contributed by atoms with Crippen molar-refractivity contribution in [2.24, 2.45) is 5.73 Å². The zero-order valence-electron chi connectivity index (χ0n) is 26.9. The molecule has 9 nitrogen and oxygen atoms in total. The lowest BCUT2D eigenvalue weighted by Crippen LogP contribution is -2.53. The Morgan fingerprint density at radius 2 is 1.80 bits per heavy atom. The third-order valence-corrected chi connectivity index (χ3v) is 10.7. The molecule has 1 saturated heterocycles. The van der Waals surface area contributed by atoms with Gasteiger partial charge >= 0.3 is 0 Å². The number of hydrogen-bond donors (Lipinski definition) is 1. The SMILES string of the molecule is COCCCN1CCOc2ccc(CO[C@H]3CN(S(=O)(=O)c4ccc(C)cc4)[C@@H](C[C@@H](C)N)C[C@@H]3c3ccc(OC)cc3)cc21. The highest BCUT2D eigenvalue weighted by molar-refractivity contribution is 7.89. The fourth-order valence-corrected chi connectivity index (χ4v) is 8.07. The molecular formula is C35H47N3O6S. The van der Waals surface area contributed by atoms with E-state index in [1.807, 2.05) is 50.2 Å². The molecule has 0 aliphatic carbocycles. The van der Waals surface area contributed by atoms with Crippen LogP contribution in [-0.2, 0) is 26.1 Å². The van der Waals surface area contributed by atoms with Crippen LogP contribution in [0.2, 0.25) is 0 Å². The normalized spacial score (nSPS) is 21.2. The van der Waals surface area contributed by atoms with Crippen LogP contribution in [0.25, 0.3) is 0 Å². The van der Waals surface area contributed by atoms with Crippen molar-refractivity contribution in [3.8, 4) is 11.5 Å². The van der Waals surface area contributed by atoms with Crippen molar-refractivity contribution in [1.29, 1.82) is 0 Å². The number of rotatable bonds is 13. The van der Waals surface area contributed by atoms with E-state index < -0.39 is 10.0 Å². The summed E-state index contributed by atoms with van der Waals surface area (Å²) in [6, 6.07) is 20.8. The topological polar surface area (TPSA) is 104 Å². The minimum absolute atomic E-state index is 0.0318.